The van der Waals surface area contributed by atoms with Crippen molar-refractivity contribution in [1.82, 2.24) is 5.32 Å². The lowest BCUT2D eigenvalue weighted by molar-refractivity contribution is -0.142. The van der Waals surface area contributed by atoms with Gasteiger partial charge in [-0.05, 0) is 0 Å². The molecule has 0 amide bonds. The van der Waals surface area contributed by atoms with Crippen LogP contribution in [0.2, 0.25) is 10.0 Å². The molecule has 1 aromatic rings. The van der Waals surface area contributed by atoms with Gasteiger partial charge in [0.15, 0.2) is 9.84 Å². The van der Waals surface area contributed by atoms with E-state index < -0.39 is 28.3 Å². The predicted molar refractivity (Wildman–Crippen MR) is 81.5 cm³/mol. The number of aliphatic carboxylic acids is 1. The van der Waals surface area contributed by atoms with Crippen molar-refractivity contribution in [2.45, 2.75) is 4.90 Å². The van der Waals surface area contributed by atoms with Gasteiger partial charge in [0.1, 0.15) is 23.1 Å². The molecule has 0 aliphatic heterocycles. The van der Waals surface area contributed by atoms with Gasteiger partial charge in [-0.15, -0.1) is 0 Å². The Hall–Kier alpha value is -1.06. The van der Waals surface area contributed by atoms with Gasteiger partial charge in [-0.1, -0.05) is 23.2 Å². The van der Waals surface area contributed by atoms with E-state index in [1.807, 2.05) is 0 Å². The molecule has 0 fully saturated rings. The molecule has 22 heavy (non-hydrogen) atoms. The summed E-state index contributed by atoms with van der Waals surface area (Å²) in [7, 11) is -2.34. The Kier molecular flexibility index (Phi) is 7.37. The fourth-order valence-corrected chi connectivity index (χ4v) is 3.98. The lowest BCUT2D eigenvalue weighted by Crippen LogP contribution is -2.27. The molecule has 124 valence electrons. The number of benzene rings is 1. The van der Waals surface area contributed by atoms with E-state index in [9.17, 15) is 13.2 Å². The summed E-state index contributed by atoms with van der Waals surface area (Å²) in [6.07, 6.45) is 0. The molecule has 0 radical (unpaired) electrons. The zero-order valence-electron chi connectivity index (χ0n) is 11.6. The van der Waals surface area contributed by atoms with E-state index in [0.29, 0.717) is 5.75 Å². The van der Waals surface area contributed by atoms with Crippen LogP contribution in [-0.4, -0.2) is 52.2 Å². The van der Waals surface area contributed by atoms with Crippen LogP contribution < -0.4 is 10.1 Å². The summed E-state index contributed by atoms with van der Waals surface area (Å²) in [5.41, 5.74) is 0. The fraction of sp³-hybridized carbons (Fsp3) is 0.417. The lowest BCUT2D eigenvalue weighted by atomic mass is 10.3. The molecular weight excluding hydrogens is 357 g/mol. The third-order valence-electron chi connectivity index (χ3n) is 2.46. The number of ether oxygens (including phenoxy) is 2. The summed E-state index contributed by atoms with van der Waals surface area (Å²) < 4.78 is 34.1. The standard InChI is InChI=1S/C12H15Cl2NO6S/c1-20-8-4-9(13)12(10(14)5-8)22(18,19)7-15-2-3-21-6-11(16)17/h4-5,15H,2-3,6-7H2,1H3,(H,16,17). The zero-order chi connectivity index (χ0) is 16.8. The van der Waals surface area contributed by atoms with E-state index in [1.165, 1.54) is 19.2 Å². The topological polar surface area (TPSA) is 102 Å². The Labute approximate surface area is 138 Å². The highest BCUT2D eigenvalue weighted by atomic mass is 35.5. The van der Waals surface area contributed by atoms with Gasteiger partial charge in [0, 0.05) is 18.7 Å². The second kappa shape index (κ2) is 8.54. The highest BCUT2D eigenvalue weighted by molar-refractivity contribution is 7.91. The van der Waals surface area contributed by atoms with Crippen LogP contribution in [0.15, 0.2) is 17.0 Å². The number of halogens is 2. The van der Waals surface area contributed by atoms with Crippen LogP contribution in [0.5, 0.6) is 5.75 Å². The molecule has 0 unspecified atom stereocenters. The van der Waals surface area contributed by atoms with E-state index in [1.54, 1.807) is 0 Å². The largest absolute Gasteiger partial charge is 0.497 e. The predicted octanol–water partition coefficient (Wildman–Crippen LogP) is 1.42. The van der Waals surface area contributed by atoms with Gasteiger partial charge in [0.25, 0.3) is 0 Å². The number of hydrogen-bond donors (Lipinski definition) is 2. The van der Waals surface area contributed by atoms with Gasteiger partial charge in [-0.3, -0.25) is 0 Å². The van der Waals surface area contributed by atoms with Gasteiger partial charge < -0.3 is 19.9 Å². The SMILES string of the molecule is COc1cc(Cl)c(S(=O)(=O)CNCCOCC(=O)O)c(Cl)c1. The lowest BCUT2D eigenvalue weighted by Gasteiger charge is -2.11. The van der Waals surface area contributed by atoms with Crippen molar-refractivity contribution in [3.8, 4) is 5.75 Å². The molecule has 1 aromatic carbocycles. The molecule has 0 aromatic heterocycles. The molecule has 2 N–H and O–H groups in total. The van der Waals surface area contributed by atoms with Crippen molar-refractivity contribution in [1.29, 1.82) is 0 Å². The third-order valence-corrected chi connectivity index (χ3v) is 4.93. The summed E-state index contributed by atoms with van der Waals surface area (Å²) >= 11 is 11.9. The first-order valence-corrected chi connectivity index (χ1v) is 8.45. The molecule has 0 saturated heterocycles. The van der Waals surface area contributed by atoms with Crippen LogP contribution in [0.1, 0.15) is 0 Å². The van der Waals surface area contributed by atoms with Crippen molar-refractivity contribution in [3.05, 3.63) is 22.2 Å². The summed E-state index contributed by atoms with van der Waals surface area (Å²) in [5.74, 6) is -1.15. The Bertz CT molecular complexity index is 611. The van der Waals surface area contributed by atoms with E-state index in [2.05, 4.69) is 5.32 Å². The van der Waals surface area contributed by atoms with Crippen LogP contribution in [0.3, 0.4) is 0 Å². The molecule has 0 saturated carbocycles. The third kappa shape index (κ3) is 5.62. The number of rotatable bonds is 9. The van der Waals surface area contributed by atoms with Crippen LogP contribution in [0.25, 0.3) is 0 Å². The average molecular weight is 372 g/mol. The van der Waals surface area contributed by atoms with Crippen LogP contribution >= 0.6 is 23.2 Å². The normalized spacial score (nSPS) is 11.4. The quantitative estimate of drug-likeness (QED) is 0.632. The maximum absolute atomic E-state index is 12.2. The average Bonchev–Trinajstić information content (AvgIpc) is 2.41. The second-order valence-corrected chi connectivity index (χ2v) is 6.87. The van der Waals surface area contributed by atoms with Gasteiger partial charge in [0.05, 0.1) is 23.8 Å². The Morgan fingerprint density at radius 2 is 1.91 bits per heavy atom. The van der Waals surface area contributed by atoms with Crippen LogP contribution in [0.4, 0.5) is 0 Å². The molecule has 0 aliphatic rings. The number of nitrogens with one attached hydrogen (secondary N) is 1. The van der Waals surface area contributed by atoms with Gasteiger partial charge >= 0.3 is 5.97 Å². The van der Waals surface area contributed by atoms with Gasteiger partial charge in [0.2, 0.25) is 0 Å². The van der Waals surface area contributed by atoms with E-state index >= 15 is 0 Å². The molecule has 1 rings (SSSR count). The van der Waals surface area contributed by atoms with Crippen molar-refractivity contribution in [2.24, 2.45) is 0 Å². The Balaban J connectivity index is 2.65. The number of sulfone groups is 1. The molecule has 0 atom stereocenters. The molecule has 7 nitrogen and oxygen atoms in total. The minimum absolute atomic E-state index is 0.0340. The summed E-state index contributed by atoms with van der Waals surface area (Å²) in [5, 5.41) is 10.9. The first-order chi connectivity index (χ1) is 10.3. The fourth-order valence-electron chi connectivity index (χ4n) is 1.53. The second-order valence-electron chi connectivity index (χ2n) is 4.13. The van der Waals surface area contributed by atoms with E-state index in [0.717, 1.165) is 0 Å². The highest BCUT2D eigenvalue weighted by Gasteiger charge is 2.22. The summed E-state index contributed by atoms with van der Waals surface area (Å²) in [6, 6.07) is 2.71. The van der Waals surface area contributed by atoms with Gasteiger partial charge in [-0.2, -0.15) is 0 Å². The van der Waals surface area contributed by atoms with Crippen LogP contribution in [-0.2, 0) is 19.4 Å². The Morgan fingerprint density at radius 3 is 2.41 bits per heavy atom. The minimum atomic E-state index is -3.75. The smallest absolute Gasteiger partial charge is 0.329 e. The Morgan fingerprint density at radius 1 is 1.32 bits per heavy atom. The van der Waals surface area contributed by atoms with Gasteiger partial charge in [-0.25, -0.2) is 13.2 Å². The number of carboxylic acid groups (broad SMARTS) is 1. The minimum Gasteiger partial charge on any atom is -0.497 e. The maximum atomic E-state index is 12.2. The summed E-state index contributed by atoms with van der Waals surface area (Å²) in [6.45, 7) is -0.214. The first kappa shape index (κ1) is 19.0. The molecule has 10 heteroatoms. The van der Waals surface area contributed by atoms with Crippen LogP contribution in [0, 0.1) is 0 Å². The first-order valence-electron chi connectivity index (χ1n) is 6.04. The number of hydrogen-bond acceptors (Lipinski definition) is 6. The van der Waals surface area contributed by atoms with Crippen molar-refractivity contribution < 1.29 is 27.8 Å². The number of carboxylic acids is 1. The summed E-state index contributed by atoms with van der Waals surface area (Å²) in [4.78, 5) is 10.0. The molecule has 0 aliphatic carbocycles. The zero-order valence-corrected chi connectivity index (χ0v) is 14.0. The molecule has 0 spiro atoms. The van der Waals surface area contributed by atoms with Crippen molar-refractivity contribution in [2.75, 3.05) is 32.7 Å². The van der Waals surface area contributed by atoms with E-state index in [-0.39, 0.29) is 28.1 Å². The monoisotopic (exact) mass is 371 g/mol. The van der Waals surface area contributed by atoms with Crippen molar-refractivity contribution >= 4 is 39.0 Å². The molecular formula is C12H15Cl2NO6S. The number of methoxy groups -OCH3 is 1. The number of carbonyl (C=O) groups is 1. The molecule has 0 bridgehead atoms. The van der Waals surface area contributed by atoms with Crippen molar-refractivity contribution in [3.63, 3.8) is 0 Å². The highest BCUT2D eigenvalue weighted by Crippen LogP contribution is 2.34. The maximum Gasteiger partial charge on any atom is 0.329 e. The molecule has 0 heterocycles. The van der Waals surface area contributed by atoms with E-state index in [4.69, 9.17) is 37.8 Å².